The number of benzene rings is 2. The molecular weight excluding hydrogens is 396 g/mol. The van der Waals surface area contributed by atoms with Crippen LogP contribution in [0.2, 0.25) is 0 Å². The maximum atomic E-state index is 13.4. The van der Waals surface area contributed by atoms with Crippen LogP contribution in [-0.4, -0.2) is 15.5 Å². The van der Waals surface area contributed by atoms with E-state index in [0.29, 0.717) is 24.2 Å². The molecule has 2 aromatic carbocycles. The van der Waals surface area contributed by atoms with Gasteiger partial charge >= 0.3 is 0 Å². The minimum Gasteiger partial charge on any atom is -0.545 e. The molecule has 0 saturated carbocycles. The molecule has 0 radical (unpaired) electrons. The highest BCUT2D eigenvalue weighted by Crippen LogP contribution is 2.37. The van der Waals surface area contributed by atoms with Gasteiger partial charge in [0.05, 0.1) is 11.4 Å². The summed E-state index contributed by atoms with van der Waals surface area (Å²) < 4.78 is 1.75. The van der Waals surface area contributed by atoms with Gasteiger partial charge in [0.15, 0.2) is 0 Å². The van der Waals surface area contributed by atoms with E-state index >= 15 is 0 Å². The largest absolute Gasteiger partial charge is 0.545 e. The molecule has 5 nitrogen and oxygen atoms in total. The Bertz CT molecular complexity index is 1380. The molecule has 6 heteroatoms. The Morgan fingerprint density at radius 1 is 1.13 bits per heavy atom. The molecule has 0 spiro atoms. The van der Waals surface area contributed by atoms with Gasteiger partial charge < -0.3 is 9.90 Å². The van der Waals surface area contributed by atoms with Gasteiger partial charge in [0, 0.05) is 17.0 Å². The Morgan fingerprint density at radius 2 is 1.87 bits per heavy atom. The smallest absolute Gasteiger partial charge is 0.263 e. The molecule has 1 aliphatic heterocycles. The average molecular weight is 413 g/mol. The van der Waals surface area contributed by atoms with Gasteiger partial charge in [0.1, 0.15) is 10.7 Å². The molecular formula is C24H17N2O3S-. The Kier molecular flexibility index (Phi) is 4.37. The van der Waals surface area contributed by atoms with E-state index in [4.69, 9.17) is 4.98 Å². The summed E-state index contributed by atoms with van der Waals surface area (Å²) in [5.74, 6) is -0.504. The fraction of sp³-hybridized carbons (Fsp3) is 0.125. The van der Waals surface area contributed by atoms with Crippen LogP contribution in [0.3, 0.4) is 0 Å². The number of allylic oxidation sites excluding steroid dienone is 1. The summed E-state index contributed by atoms with van der Waals surface area (Å²) in [6.07, 6.45) is 2.68. The van der Waals surface area contributed by atoms with Crippen molar-refractivity contribution in [3.63, 3.8) is 0 Å². The van der Waals surface area contributed by atoms with Crippen LogP contribution in [0.25, 0.3) is 33.0 Å². The summed E-state index contributed by atoms with van der Waals surface area (Å²) in [7, 11) is 0. The van der Waals surface area contributed by atoms with E-state index in [1.807, 2.05) is 43.3 Å². The molecule has 0 fully saturated rings. The molecule has 3 heterocycles. The number of carboxylic acids is 1. The molecule has 0 saturated heterocycles. The molecule has 2 aromatic heterocycles. The lowest BCUT2D eigenvalue weighted by molar-refractivity contribution is -0.255. The SMILES string of the molecule is Cc1sc2nc3n(c(=O)c2c1-c1ccccc1)CC/C3=C/c1ccc(C(=O)[O-])cc1. The summed E-state index contributed by atoms with van der Waals surface area (Å²) >= 11 is 1.54. The van der Waals surface area contributed by atoms with Crippen LogP contribution in [-0.2, 0) is 6.54 Å². The highest BCUT2D eigenvalue weighted by molar-refractivity contribution is 7.19. The normalized spacial score (nSPS) is 14.4. The lowest BCUT2D eigenvalue weighted by atomic mass is 10.0. The van der Waals surface area contributed by atoms with E-state index in [2.05, 4.69) is 0 Å². The standard InChI is InChI=1S/C24H18N2O3S/c1-14-19(16-5-3-2-4-6-16)20-22(30-14)25-21-18(11-12-26(21)23(20)27)13-15-7-9-17(10-8-15)24(28)29/h2-10,13H,11-12H2,1H3,(H,28,29)/p-1/b18-13-. The molecule has 0 amide bonds. The third-order valence-corrected chi connectivity index (χ3v) is 6.43. The summed E-state index contributed by atoms with van der Waals surface area (Å²) in [4.78, 5) is 31.0. The Hall–Kier alpha value is -3.51. The van der Waals surface area contributed by atoms with Crippen molar-refractivity contribution >= 4 is 39.2 Å². The van der Waals surface area contributed by atoms with Crippen LogP contribution >= 0.6 is 11.3 Å². The van der Waals surface area contributed by atoms with Gasteiger partial charge in [-0.1, -0.05) is 54.6 Å². The van der Waals surface area contributed by atoms with E-state index in [1.165, 1.54) is 12.1 Å². The van der Waals surface area contributed by atoms with Gasteiger partial charge in [-0.25, -0.2) is 4.98 Å². The zero-order valence-electron chi connectivity index (χ0n) is 16.2. The summed E-state index contributed by atoms with van der Waals surface area (Å²) in [5, 5.41) is 11.6. The first kappa shape index (κ1) is 18.5. The van der Waals surface area contributed by atoms with Gasteiger partial charge in [-0.2, -0.15) is 0 Å². The first-order valence-electron chi connectivity index (χ1n) is 9.64. The van der Waals surface area contributed by atoms with Gasteiger partial charge in [-0.3, -0.25) is 9.36 Å². The van der Waals surface area contributed by atoms with E-state index in [0.717, 1.165) is 32.0 Å². The number of carbonyl (C=O) groups is 1. The number of aryl methyl sites for hydroxylation is 1. The lowest BCUT2D eigenvalue weighted by Crippen LogP contribution is -2.21. The molecule has 0 N–H and O–H groups in total. The Balaban J connectivity index is 1.64. The number of aromatic nitrogens is 2. The Labute approximate surface area is 176 Å². The first-order valence-corrected chi connectivity index (χ1v) is 10.5. The van der Waals surface area contributed by atoms with Crippen LogP contribution in [0.15, 0.2) is 59.4 Å². The van der Waals surface area contributed by atoms with Crippen molar-refractivity contribution in [3.05, 3.63) is 86.8 Å². The second kappa shape index (κ2) is 7.07. The first-order chi connectivity index (χ1) is 14.5. The van der Waals surface area contributed by atoms with Crippen molar-refractivity contribution in [2.75, 3.05) is 0 Å². The minimum atomic E-state index is -1.20. The second-order valence-corrected chi connectivity index (χ2v) is 8.50. The van der Waals surface area contributed by atoms with Gasteiger partial charge in [-0.15, -0.1) is 11.3 Å². The van der Waals surface area contributed by atoms with E-state index in [1.54, 1.807) is 28.0 Å². The van der Waals surface area contributed by atoms with Gasteiger partial charge in [0.2, 0.25) is 0 Å². The van der Waals surface area contributed by atoms with Crippen LogP contribution < -0.4 is 10.7 Å². The molecule has 1 aliphatic rings. The second-order valence-electron chi connectivity index (χ2n) is 7.30. The van der Waals surface area contributed by atoms with Crippen LogP contribution in [0.4, 0.5) is 0 Å². The third kappa shape index (κ3) is 2.97. The number of carboxylic acid groups (broad SMARTS) is 1. The van der Waals surface area contributed by atoms with Gasteiger partial charge in [-0.05, 0) is 41.7 Å². The third-order valence-electron chi connectivity index (χ3n) is 5.43. The maximum absolute atomic E-state index is 13.4. The molecule has 0 aliphatic carbocycles. The average Bonchev–Trinajstić information content (AvgIpc) is 3.30. The van der Waals surface area contributed by atoms with Crippen molar-refractivity contribution in [1.29, 1.82) is 0 Å². The minimum absolute atomic E-state index is 0.00565. The van der Waals surface area contributed by atoms with Crippen molar-refractivity contribution in [3.8, 4) is 11.1 Å². The lowest BCUT2D eigenvalue weighted by Gasteiger charge is -2.06. The highest BCUT2D eigenvalue weighted by atomic mass is 32.1. The zero-order chi connectivity index (χ0) is 20.8. The molecule has 0 unspecified atom stereocenters. The topological polar surface area (TPSA) is 75.0 Å². The molecule has 0 atom stereocenters. The van der Waals surface area contributed by atoms with Crippen molar-refractivity contribution in [2.24, 2.45) is 0 Å². The molecule has 30 heavy (non-hydrogen) atoms. The number of aromatic carboxylic acids is 1. The van der Waals surface area contributed by atoms with Crippen molar-refractivity contribution < 1.29 is 9.90 Å². The number of nitrogens with zero attached hydrogens (tertiary/aromatic N) is 2. The molecule has 5 rings (SSSR count). The quantitative estimate of drug-likeness (QED) is 0.513. The summed E-state index contributed by atoms with van der Waals surface area (Å²) in [6, 6.07) is 16.5. The van der Waals surface area contributed by atoms with E-state index < -0.39 is 5.97 Å². The molecule has 0 bridgehead atoms. The monoisotopic (exact) mass is 413 g/mol. The van der Waals surface area contributed by atoms with E-state index in [-0.39, 0.29) is 11.1 Å². The number of rotatable bonds is 3. The highest BCUT2D eigenvalue weighted by Gasteiger charge is 2.24. The fourth-order valence-electron chi connectivity index (χ4n) is 4.00. The number of fused-ring (bicyclic) bond motifs is 2. The number of thiophene rings is 1. The predicted molar refractivity (Wildman–Crippen MR) is 117 cm³/mol. The van der Waals surface area contributed by atoms with Crippen LogP contribution in [0.1, 0.15) is 33.0 Å². The summed E-state index contributed by atoms with van der Waals surface area (Å²) in [6.45, 7) is 2.61. The van der Waals surface area contributed by atoms with Crippen molar-refractivity contribution in [1.82, 2.24) is 9.55 Å². The number of carbonyl (C=O) groups excluding carboxylic acids is 1. The zero-order valence-corrected chi connectivity index (χ0v) is 17.0. The predicted octanol–water partition coefficient (Wildman–Crippen LogP) is 3.74. The number of hydrogen-bond acceptors (Lipinski definition) is 5. The van der Waals surface area contributed by atoms with Gasteiger partial charge in [0.25, 0.3) is 5.56 Å². The molecule has 4 aromatic rings. The molecule has 148 valence electrons. The van der Waals surface area contributed by atoms with Crippen LogP contribution in [0.5, 0.6) is 0 Å². The Morgan fingerprint density at radius 3 is 2.57 bits per heavy atom. The van der Waals surface area contributed by atoms with Crippen LogP contribution in [0, 0.1) is 6.92 Å². The maximum Gasteiger partial charge on any atom is 0.263 e. The fourth-order valence-corrected chi connectivity index (χ4v) is 5.03. The number of hydrogen-bond donors (Lipinski definition) is 0. The summed E-state index contributed by atoms with van der Waals surface area (Å²) in [5.41, 5.74) is 3.98. The van der Waals surface area contributed by atoms with E-state index in [9.17, 15) is 14.7 Å². The van der Waals surface area contributed by atoms with Crippen molar-refractivity contribution in [2.45, 2.75) is 19.9 Å².